The van der Waals surface area contributed by atoms with Crippen LogP contribution in [0.1, 0.15) is 11.3 Å². The van der Waals surface area contributed by atoms with Crippen LogP contribution in [-0.2, 0) is 6.18 Å². The molecule has 8 heteroatoms. The Morgan fingerprint density at radius 2 is 1.95 bits per heavy atom. The molecule has 0 atom stereocenters. The lowest BCUT2D eigenvalue weighted by Gasteiger charge is -2.08. The smallest absolute Gasteiger partial charge is 0.306 e. The number of pyridine rings is 1. The fourth-order valence-electron chi connectivity index (χ4n) is 2.34. The van der Waals surface area contributed by atoms with Crippen LogP contribution in [0.2, 0.25) is 0 Å². The molecule has 0 amide bonds. The summed E-state index contributed by atoms with van der Waals surface area (Å²) < 4.78 is 53.7. The summed E-state index contributed by atoms with van der Waals surface area (Å²) in [6.07, 6.45) is -4.69. The Morgan fingerprint density at radius 1 is 1.23 bits per heavy atom. The minimum absolute atomic E-state index is 0.0860. The van der Waals surface area contributed by atoms with Gasteiger partial charge < -0.3 is 4.98 Å². The van der Waals surface area contributed by atoms with Crippen molar-refractivity contribution in [2.24, 2.45) is 0 Å². The minimum Gasteiger partial charge on any atom is -0.306 e. The number of fused-ring (bicyclic) bond motifs is 1. The first-order valence-electron chi connectivity index (χ1n) is 6.23. The average molecular weight is 311 g/mol. The summed E-state index contributed by atoms with van der Waals surface area (Å²) in [4.78, 5) is 13.9. The van der Waals surface area contributed by atoms with Crippen LogP contribution < -0.4 is 5.56 Å². The Labute approximate surface area is 121 Å². The predicted octanol–water partition coefficient (Wildman–Crippen LogP) is 3.18. The summed E-state index contributed by atoms with van der Waals surface area (Å²) in [5.41, 5.74) is -1.79. The summed E-state index contributed by atoms with van der Waals surface area (Å²) in [6, 6.07) is 5.69. The topological polar surface area (TPSA) is 50.7 Å². The second-order valence-corrected chi connectivity index (χ2v) is 4.75. The van der Waals surface area contributed by atoms with Crippen LogP contribution in [0, 0.1) is 12.7 Å². The van der Waals surface area contributed by atoms with E-state index >= 15 is 0 Å². The molecule has 0 unspecified atom stereocenters. The summed E-state index contributed by atoms with van der Waals surface area (Å²) in [6.45, 7) is 1.39. The molecule has 0 bridgehead atoms. The maximum absolute atomic E-state index is 13.3. The van der Waals surface area contributed by atoms with Gasteiger partial charge in [0.05, 0.1) is 22.3 Å². The molecule has 0 saturated heterocycles. The van der Waals surface area contributed by atoms with Gasteiger partial charge >= 0.3 is 6.18 Å². The summed E-state index contributed by atoms with van der Waals surface area (Å²) in [5.74, 6) is -0.562. The Balaban J connectivity index is 2.41. The second kappa shape index (κ2) is 4.69. The van der Waals surface area contributed by atoms with E-state index in [0.717, 1.165) is 10.7 Å². The zero-order valence-corrected chi connectivity index (χ0v) is 11.2. The van der Waals surface area contributed by atoms with Crippen molar-refractivity contribution in [2.75, 3.05) is 0 Å². The molecule has 1 N–H and O–H groups in total. The molecule has 3 aromatic rings. The third-order valence-corrected chi connectivity index (χ3v) is 3.20. The van der Waals surface area contributed by atoms with Crippen molar-refractivity contribution in [2.45, 2.75) is 13.1 Å². The monoisotopic (exact) mass is 311 g/mol. The van der Waals surface area contributed by atoms with E-state index in [1.165, 1.54) is 25.1 Å². The number of aryl methyl sites for hydroxylation is 1. The van der Waals surface area contributed by atoms with Gasteiger partial charge in [0.2, 0.25) is 5.56 Å². The van der Waals surface area contributed by atoms with Gasteiger partial charge in [-0.25, -0.2) is 9.07 Å². The normalized spacial score (nSPS) is 12.0. The number of benzene rings is 1. The molecular formula is C14H9F4N3O. The van der Waals surface area contributed by atoms with Crippen molar-refractivity contribution in [1.29, 1.82) is 0 Å². The van der Waals surface area contributed by atoms with Gasteiger partial charge in [0.1, 0.15) is 11.5 Å². The molecule has 2 aromatic heterocycles. The predicted molar refractivity (Wildman–Crippen MR) is 71.4 cm³/mol. The molecule has 2 heterocycles. The number of alkyl halides is 3. The lowest BCUT2D eigenvalue weighted by Crippen LogP contribution is -2.14. The molecule has 0 radical (unpaired) electrons. The first-order chi connectivity index (χ1) is 10.3. The van der Waals surface area contributed by atoms with E-state index in [1.54, 1.807) is 0 Å². The van der Waals surface area contributed by atoms with Gasteiger partial charge in [-0.2, -0.15) is 18.3 Å². The summed E-state index contributed by atoms with van der Waals surface area (Å²) >= 11 is 0. The molecule has 3 rings (SSSR count). The van der Waals surface area contributed by atoms with Crippen LogP contribution in [0.25, 0.3) is 16.7 Å². The molecule has 0 saturated carbocycles. The van der Waals surface area contributed by atoms with Crippen LogP contribution in [0.3, 0.4) is 0 Å². The highest BCUT2D eigenvalue weighted by atomic mass is 19.4. The number of rotatable bonds is 1. The number of nitrogens with one attached hydrogen (secondary N) is 1. The SMILES string of the molecule is Cc1nn(-c2cccc(F)c2)c2[nH]c(=O)cc(C(F)(F)F)c12. The highest BCUT2D eigenvalue weighted by molar-refractivity contribution is 5.83. The van der Waals surface area contributed by atoms with Crippen LogP contribution >= 0.6 is 0 Å². The molecule has 0 spiro atoms. The number of hydrogen-bond donors (Lipinski definition) is 1. The maximum atomic E-state index is 13.3. The van der Waals surface area contributed by atoms with E-state index in [1.807, 2.05) is 0 Å². The van der Waals surface area contributed by atoms with E-state index in [0.29, 0.717) is 6.07 Å². The highest BCUT2D eigenvalue weighted by Gasteiger charge is 2.35. The van der Waals surface area contributed by atoms with Gasteiger partial charge in [-0.05, 0) is 25.1 Å². The lowest BCUT2D eigenvalue weighted by molar-refractivity contribution is -0.136. The van der Waals surface area contributed by atoms with Crippen LogP contribution in [0.5, 0.6) is 0 Å². The van der Waals surface area contributed by atoms with Gasteiger partial charge in [0.15, 0.2) is 0 Å². The number of nitrogens with zero attached hydrogens (tertiary/aromatic N) is 2. The Hall–Kier alpha value is -2.64. The van der Waals surface area contributed by atoms with Crippen molar-refractivity contribution >= 4 is 11.0 Å². The summed E-state index contributed by atoms with van der Waals surface area (Å²) in [5, 5.41) is 3.78. The zero-order valence-electron chi connectivity index (χ0n) is 11.2. The molecule has 1 aromatic carbocycles. The maximum Gasteiger partial charge on any atom is 0.417 e. The van der Waals surface area contributed by atoms with Crippen LogP contribution in [0.15, 0.2) is 35.1 Å². The van der Waals surface area contributed by atoms with Crippen molar-refractivity contribution in [3.8, 4) is 5.69 Å². The third-order valence-electron chi connectivity index (χ3n) is 3.20. The number of aromatic nitrogens is 3. The molecule has 22 heavy (non-hydrogen) atoms. The number of aromatic amines is 1. The highest BCUT2D eigenvalue weighted by Crippen LogP contribution is 2.35. The van der Waals surface area contributed by atoms with E-state index in [2.05, 4.69) is 10.1 Å². The molecular weight excluding hydrogens is 302 g/mol. The van der Waals surface area contributed by atoms with Gasteiger partial charge in [0, 0.05) is 6.07 Å². The van der Waals surface area contributed by atoms with Crippen LogP contribution in [-0.4, -0.2) is 14.8 Å². The van der Waals surface area contributed by atoms with Crippen molar-refractivity contribution < 1.29 is 17.6 Å². The van der Waals surface area contributed by atoms with Gasteiger partial charge in [-0.15, -0.1) is 0 Å². The third kappa shape index (κ3) is 2.26. The standard InChI is InChI=1S/C14H9F4N3O/c1-7-12-10(14(16,17)18)6-11(22)19-13(12)21(20-7)9-4-2-3-8(15)5-9/h2-6H,1H3,(H,19,22). The molecule has 0 aliphatic carbocycles. The average Bonchev–Trinajstić information content (AvgIpc) is 2.74. The van der Waals surface area contributed by atoms with Crippen molar-refractivity contribution in [1.82, 2.24) is 14.8 Å². The van der Waals surface area contributed by atoms with Gasteiger partial charge in [-0.3, -0.25) is 4.79 Å². The fourth-order valence-corrected chi connectivity index (χ4v) is 2.34. The summed E-state index contributed by atoms with van der Waals surface area (Å²) in [7, 11) is 0. The zero-order chi connectivity index (χ0) is 16.1. The van der Waals surface area contributed by atoms with Crippen molar-refractivity contribution in [3.05, 3.63) is 57.8 Å². The van der Waals surface area contributed by atoms with Gasteiger partial charge in [0.25, 0.3) is 0 Å². The number of H-pyrrole nitrogens is 1. The quantitative estimate of drug-likeness (QED) is 0.702. The Morgan fingerprint density at radius 3 is 2.59 bits per heavy atom. The number of hydrogen-bond acceptors (Lipinski definition) is 2. The Bertz CT molecular complexity index is 924. The van der Waals surface area contributed by atoms with Crippen molar-refractivity contribution in [3.63, 3.8) is 0 Å². The van der Waals surface area contributed by atoms with E-state index in [4.69, 9.17) is 0 Å². The van der Waals surface area contributed by atoms with E-state index in [-0.39, 0.29) is 22.4 Å². The van der Waals surface area contributed by atoms with E-state index in [9.17, 15) is 22.4 Å². The largest absolute Gasteiger partial charge is 0.417 e. The second-order valence-electron chi connectivity index (χ2n) is 4.75. The lowest BCUT2D eigenvalue weighted by atomic mass is 10.1. The van der Waals surface area contributed by atoms with E-state index < -0.39 is 23.1 Å². The first-order valence-corrected chi connectivity index (χ1v) is 6.23. The first kappa shape index (κ1) is 14.3. The Kier molecular flexibility index (Phi) is 3.05. The van der Waals surface area contributed by atoms with Gasteiger partial charge in [-0.1, -0.05) is 6.07 Å². The molecule has 4 nitrogen and oxygen atoms in total. The molecule has 0 aliphatic heterocycles. The minimum atomic E-state index is -4.69. The molecule has 114 valence electrons. The number of halogens is 4. The molecule has 0 fully saturated rings. The molecule has 0 aliphatic rings. The fraction of sp³-hybridized carbons (Fsp3) is 0.143. The van der Waals surface area contributed by atoms with Crippen LogP contribution in [0.4, 0.5) is 17.6 Å².